The van der Waals surface area contributed by atoms with Gasteiger partial charge in [-0.1, -0.05) is 61.7 Å². The molecule has 0 amide bonds. The molecule has 0 aliphatic heterocycles. The van der Waals surface area contributed by atoms with Crippen molar-refractivity contribution in [3.63, 3.8) is 0 Å². The molecule has 0 radical (unpaired) electrons. The van der Waals surface area contributed by atoms with E-state index in [0.29, 0.717) is 0 Å². The lowest BCUT2D eigenvalue weighted by Crippen LogP contribution is -1.98. The van der Waals surface area contributed by atoms with Gasteiger partial charge in [0, 0.05) is 0 Å². The molecule has 0 fully saturated rings. The Bertz CT molecular complexity index is 709. The fraction of sp³-hybridized carbons (Fsp3) is 0.250. The summed E-state index contributed by atoms with van der Waals surface area (Å²) >= 11 is 0. The second-order valence-corrected chi connectivity index (χ2v) is 6.56. The molecule has 0 unspecified atom stereocenters. The number of benzene rings is 2. The molecule has 0 saturated heterocycles. The third-order valence-electron chi connectivity index (χ3n) is 4.64. The Morgan fingerprint density at radius 3 is 2.00 bits per heavy atom. The first-order valence-electron chi connectivity index (χ1n) is 8.61. The van der Waals surface area contributed by atoms with Gasteiger partial charge in [-0.2, -0.15) is 0 Å². The highest BCUT2D eigenvalue weighted by molar-refractivity contribution is 5.36. The Labute approximate surface area is 147 Å². The van der Waals surface area contributed by atoms with Gasteiger partial charge in [0.2, 0.25) is 0 Å². The zero-order chi connectivity index (χ0) is 17.5. The second-order valence-electron chi connectivity index (χ2n) is 6.56. The molecule has 0 aromatic heterocycles. The van der Waals surface area contributed by atoms with E-state index in [1.807, 2.05) is 6.08 Å². The molecule has 0 N–H and O–H groups in total. The molecule has 0 nitrogen and oxygen atoms in total. The fourth-order valence-electron chi connectivity index (χ4n) is 3.03. The van der Waals surface area contributed by atoms with E-state index in [2.05, 4.69) is 76.0 Å². The van der Waals surface area contributed by atoms with Crippen molar-refractivity contribution in [2.45, 2.75) is 39.5 Å². The predicted molar refractivity (Wildman–Crippen MR) is 107 cm³/mol. The zero-order valence-corrected chi connectivity index (χ0v) is 15.1. The molecule has 0 saturated carbocycles. The molecular weight excluding hydrogens is 288 g/mol. The molecule has 124 valence electrons. The fourth-order valence-corrected chi connectivity index (χ4v) is 3.03. The van der Waals surface area contributed by atoms with Gasteiger partial charge in [-0.05, 0) is 78.5 Å². The first-order valence-corrected chi connectivity index (χ1v) is 8.61. The molecule has 0 spiro atoms. The first kappa shape index (κ1) is 18.0. The molecule has 24 heavy (non-hydrogen) atoms. The van der Waals surface area contributed by atoms with Gasteiger partial charge in [0.05, 0.1) is 0 Å². The minimum atomic E-state index is 0.812. The SMILES string of the molecule is C=CCC(=C)C(=C)Cc1ccc(CCc2c(C)cccc2C)cc1. The predicted octanol–water partition coefficient (Wildman–Crippen LogP) is 6.32. The van der Waals surface area contributed by atoms with Crippen LogP contribution in [-0.2, 0) is 19.3 Å². The highest BCUT2D eigenvalue weighted by Gasteiger charge is 2.04. The quantitative estimate of drug-likeness (QED) is 0.395. The monoisotopic (exact) mass is 316 g/mol. The number of aryl methyl sites for hydroxylation is 3. The van der Waals surface area contributed by atoms with Crippen LogP contribution in [0.3, 0.4) is 0 Å². The summed E-state index contributed by atoms with van der Waals surface area (Å²) in [6, 6.07) is 15.5. The molecule has 0 bridgehead atoms. The molecule has 2 aromatic carbocycles. The lowest BCUT2D eigenvalue weighted by atomic mass is 9.95. The summed E-state index contributed by atoms with van der Waals surface area (Å²) < 4.78 is 0. The Balaban J connectivity index is 1.96. The molecule has 2 aromatic rings. The van der Waals surface area contributed by atoms with Crippen molar-refractivity contribution in [2.75, 3.05) is 0 Å². The largest absolute Gasteiger partial charge is 0.103 e. The van der Waals surface area contributed by atoms with Gasteiger partial charge in [0.1, 0.15) is 0 Å². The van der Waals surface area contributed by atoms with E-state index in [0.717, 1.165) is 36.8 Å². The molecule has 2 rings (SSSR count). The Morgan fingerprint density at radius 2 is 1.42 bits per heavy atom. The van der Waals surface area contributed by atoms with E-state index in [9.17, 15) is 0 Å². The van der Waals surface area contributed by atoms with E-state index in [1.54, 1.807) is 0 Å². The third kappa shape index (κ3) is 4.83. The van der Waals surface area contributed by atoms with Crippen LogP contribution in [0.15, 0.2) is 79.4 Å². The van der Waals surface area contributed by atoms with Crippen LogP contribution in [0, 0.1) is 13.8 Å². The van der Waals surface area contributed by atoms with E-state index in [4.69, 9.17) is 0 Å². The molecule has 0 heteroatoms. The standard InChI is InChI=1S/C24H28/c1-6-8-18(2)21(5)17-23-13-11-22(12-14-23)15-16-24-19(3)9-7-10-20(24)4/h6-7,9-14H,1-2,5,8,15-17H2,3-4H3. The van der Waals surface area contributed by atoms with Crippen LogP contribution in [-0.4, -0.2) is 0 Å². The van der Waals surface area contributed by atoms with Gasteiger partial charge >= 0.3 is 0 Å². The van der Waals surface area contributed by atoms with Crippen molar-refractivity contribution in [2.24, 2.45) is 0 Å². The minimum Gasteiger partial charge on any atom is -0.103 e. The van der Waals surface area contributed by atoms with E-state index in [1.165, 1.54) is 27.8 Å². The number of rotatable bonds is 8. The summed E-state index contributed by atoms with van der Waals surface area (Å²) in [5, 5.41) is 0. The van der Waals surface area contributed by atoms with Crippen LogP contribution in [0.4, 0.5) is 0 Å². The van der Waals surface area contributed by atoms with Crippen molar-refractivity contribution in [3.8, 4) is 0 Å². The molecule has 0 heterocycles. The summed E-state index contributed by atoms with van der Waals surface area (Å²) in [6.45, 7) is 16.4. The Kier molecular flexibility index (Phi) is 6.37. The number of hydrogen-bond donors (Lipinski definition) is 0. The lowest BCUT2D eigenvalue weighted by Gasteiger charge is -2.11. The maximum Gasteiger partial charge on any atom is -0.00290 e. The summed E-state index contributed by atoms with van der Waals surface area (Å²) in [4.78, 5) is 0. The topological polar surface area (TPSA) is 0 Å². The number of hydrogen-bond acceptors (Lipinski definition) is 0. The minimum absolute atomic E-state index is 0.812. The first-order chi connectivity index (χ1) is 11.5. The Hall–Kier alpha value is -2.34. The van der Waals surface area contributed by atoms with Gasteiger partial charge < -0.3 is 0 Å². The molecule has 0 aliphatic rings. The zero-order valence-electron chi connectivity index (χ0n) is 15.1. The van der Waals surface area contributed by atoms with Gasteiger partial charge in [0.25, 0.3) is 0 Å². The van der Waals surface area contributed by atoms with Crippen LogP contribution in [0.25, 0.3) is 0 Å². The summed E-state index contributed by atoms with van der Waals surface area (Å²) in [6.07, 6.45) is 5.73. The van der Waals surface area contributed by atoms with Gasteiger partial charge in [-0.3, -0.25) is 0 Å². The highest BCUT2D eigenvalue weighted by atomic mass is 14.1. The smallest absolute Gasteiger partial charge is 0.00290 e. The average molecular weight is 316 g/mol. The van der Waals surface area contributed by atoms with Crippen molar-refractivity contribution >= 4 is 0 Å². The van der Waals surface area contributed by atoms with Crippen LogP contribution in [0.5, 0.6) is 0 Å². The third-order valence-corrected chi connectivity index (χ3v) is 4.64. The van der Waals surface area contributed by atoms with Crippen LogP contribution in [0.2, 0.25) is 0 Å². The molecule has 0 atom stereocenters. The van der Waals surface area contributed by atoms with Crippen molar-refractivity contribution < 1.29 is 0 Å². The van der Waals surface area contributed by atoms with E-state index >= 15 is 0 Å². The summed E-state index contributed by atoms with van der Waals surface area (Å²) in [5.41, 5.74) is 9.11. The van der Waals surface area contributed by atoms with Crippen LogP contribution in [0.1, 0.15) is 34.2 Å². The summed E-state index contributed by atoms with van der Waals surface area (Å²) in [7, 11) is 0. The van der Waals surface area contributed by atoms with E-state index < -0.39 is 0 Å². The van der Waals surface area contributed by atoms with Gasteiger partial charge in [-0.25, -0.2) is 0 Å². The molecule has 0 aliphatic carbocycles. The molecular formula is C24H28. The van der Waals surface area contributed by atoms with E-state index in [-0.39, 0.29) is 0 Å². The van der Waals surface area contributed by atoms with Crippen molar-refractivity contribution in [3.05, 3.63) is 107 Å². The maximum absolute atomic E-state index is 4.14. The van der Waals surface area contributed by atoms with Crippen molar-refractivity contribution in [1.82, 2.24) is 0 Å². The normalized spacial score (nSPS) is 10.4. The number of allylic oxidation sites excluding steroid dienone is 3. The van der Waals surface area contributed by atoms with Crippen LogP contribution < -0.4 is 0 Å². The Morgan fingerprint density at radius 1 is 0.833 bits per heavy atom. The lowest BCUT2D eigenvalue weighted by molar-refractivity contribution is 0.935. The highest BCUT2D eigenvalue weighted by Crippen LogP contribution is 2.19. The average Bonchev–Trinajstić information content (AvgIpc) is 2.56. The van der Waals surface area contributed by atoms with Gasteiger partial charge in [0.15, 0.2) is 0 Å². The maximum atomic E-state index is 4.14. The summed E-state index contributed by atoms with van der Waals surface area (Å²) in [5.74, 6) is 0. The van der Waals surface area contributed by atoms with Gasteiger partial charge in [-0.15, -0.1) is 6.58 Å². The van der Waals surface area contributed by atoms with Crippen LogP contribution >= 0.6 is 0 Å². The van der Waals surface area contributed by atoms with Crippen molar-refractivity contribution in [1.29, 1.82) is 0 Å². The second kappa shape index (κ2) is 8.49.